The summed E-state index contributed by atoms with van der Waals surface area (Å²) in [6.07, 6.45) is 3.23. The summed E-state index contributed by atoms with van der Waals surface area (Å²) in [6.45, 7) is 3.93. The highest BCUT2D eigenvalue weighted by atomic mass is 32.2. The lowest BCUT2D eigenvalue weighted by atomic mass is 9.96. The summed E-state index contributed by atoms with van der Waals surface area (Å²) in [4.78, 5) is 21.0. The molecule has 1 atom stereocenters. The number of halogens is 2. The van der Waals surface area contributed by atoms with Crippen molar-refractivity contribution in [1.82, 2.24) is 9.80 Å². The Balaban J connectivity index is 1.16. The minimum Gasteiger partial charge on any atom is -0.367 e. The minimum absolute atomic E-state index is 0.164. The Morgan fingerprint density at radius 2 is 1.60 bits per heavy atom. The molecular formula is C26H27F2N3O3S. The average molecular weight is 500 g/mol. The summed E-state index contributed by atoms with van der Waals surface area (Å²) < 4.78 is 45.6. The van der Waals surface area contributed by atoms with Crippen LogP contribution in [0.1, 0.15) is 30.1 Å². The average Bonchev–Trinajstić information content (AvgIpc) is 3.44. The minimum atomic E-state index is -1.45. The van der Waals surface area contributed by atoms with Crippen LogP contribution in [0, 0.1) is 17.6 Å². The van der Waals surface area contributed by atoms with E-state index in [-0.39, 0.29) is 23.5 Å². The van der Waals surface area contributed by atoms with Gasteiger partial charge in [-0.1, -0.05) is 30.3 Å². The van der Waals surface area contributed by atoms with Gasteiger partial charge in [-0.3, -0.25) is 14.7 Å². The number of allylic oxidation sites excluding steroid dienone is 1. The van der Waals surface area contributed by atoms with E-state index < -0.39 is 16.9 Å². The summed E-state index contributed by atoms with van der Waals surface area (Å²) in [5, 5.41) is 0.410. The Hall–Kier alpha value is -2.75. The van der Waals surface area contributed by atoms with Gasteiger partial charge < -0.3 is 9.64 Å². The van der Waals surface area contributed by atoms with Crippen molar-refractivity contribution in [3.05, 3.63) is 82.3 Å². The topological polar surface area (TPSA) is 62.2 Å². The summed E-state index contributed by atoms with van der Waals surface area (Å²) in [6, 6.07) is 12.3. The number of carbonyl (C=O) groups is 1. The number of fused-ring (bicyclic) bond motifs is 1. The number of carbonyl (C=O) groups excluding carboxylic acids is 1. The molecule has 35 heavy (non-hydrogen) atoms. The van der Waals surface area contributed by atoms with Crippen LogP contribution in [0.5, 0.6) is 0 Å². The normalized spacial score (nSPS) is 22.3. The number of amides is 1. The smallest absolute Gasteiger partial charge is 0.269 e. The standard InChI is InChI=1S/C26H27F2N3O3S/c27-21-5-1-19(2-6-21)24(20-3-7-22(28)8-4-20)34-16-15-30-12-9-18(10-13-30)17-23-25(32)31-14-11-29-26(31)35(23)33/h1-8,17-18,24H,9-16H2. The zero-order chi connectivity index (χ0) is 24.4. The fraction of sp³-hybridized carbons (Fsp3) is 0.385. The molecule has 3 aliphatic heterocycles. The van der Waals surface area contributed by atoms with Crippen LogP contribution in [0.2, 0.25) is 0 Å². The van der Waals surface area contributed by atoms with Crippen LogP contribution >= 0.6 is 0 Å². The molecule has 0 aliphatic carbocycles. The lowest BCUT2D eigenvalue weighted by molar-refractivity contribution is -0.122. The molecule has 0 N–H and O–H groups in total. The fourth-order valence-electron chi connectivity index (χ4n) is 4.73. The fourth-order valence-corrected chi connectivity index (χ4v) is 6.10. The third kappa shape index (κ3) is 5.27. The van der Waals surface area contributed by atoms with E-state index in [1.165, 1.54) is 29.2 Å². The number of hydrogen-bond acceptors (Lipinski definition) is 5. The number of likely N-dealkylation sites (tertiary alicyclic amines) is 1. The molecule has 1 unspecified atom stereocenters. The van der Waals surface area contributed by atoms with Gasteiger partial charge in [0.15, 0.2) is 0 Å². The van der Waals surface area contributed by atoms with Crippen LogP contribution < -0.4 is 0 Å². The second-order valence-electron chi connectivity index (χ2n) is 8.95. The number of rotatable bonds is 7. The predicted molar refractivity (Wildman–Crippen MR) is 130 cm³/mol. The number of benzene rings is 2. The predicted octanol–water partition coefficient (Wildman–Crippen LogP) is 3.63. The molecule has 0 saturated carbocycles. The molecule has 2 saturated heterocycles. The molecule has 2 aromatic carbocycles. The van der Waals surface area contributed by atoms with Gasteiger partial charge in [0.2, 0.25) is 5.17 Å². The molecular weight excluding hydrogens is 472 g/mol. The van der Waals surface area contributed by atoms with Crippen molar-refractivity contribution < 1.29 is 22.5 Å². The Morgan fingerprint density at radius 3 is 2.17 bits per heavy atom. The first-order chi connectivity index (χ1) is 17.0. The Labute approximate surface area is 205 Å². The maximum Gasteiger partial charge on any atom is 0.269 e. The van der Waals surface area contributed by atoms with Crippen LogP contribution in [0.25, 0.3) is 0 Å². The van der Waals surface area contributed by atoms with E-state index in [2.05, 4.69) is 9.89 Å². The third-order valence-corrected chi connectivity index (χ3v) is 8.07. The first-order valence-corrected chi connectivity index (χ1v) is 13.0. The molecule has 9 heteroatoms. The van der Waals surface area contributed by atoms with Gasteiger partial charge in [-0.25, -0.2) is 13.0 Å². The first-order valence-electron chi connectivity index (χ1n) is 11.8. The van der Waals surface area contributed by atoms with Crippen molar-refractivity contribution in [2.75, 3.05) is 39.3 Å². The van der Waals surface area contributed by atoms with E-state index in [1.54, 1.807) is 24.3 Å². The third-order valence-electron chi connectivity index (χ3n) is 6.68. The maximum atomic E-state index is 13.4. The van der Waals surface area contributed by atoms with Gasteiger partial charge in [-0.2, -0.15) is 0 Å². The zero-order valence-electron chi connectivity index (χ0n) is 19.2. The van der Waals surface area contributed by atoms with E-state index in [9.17, 15) is 17.8 Å². The van der Waals surface area contributed by atoms with Crippen molar-refractivity contribution in [2.24, 2.45) is 10.9 Å². The van der Waals surface area contributed by atoms with E-state index in [0.29, 0.717) is 29.8 Å². The lowest BCUT2D eigenvalue weighted by Gasteiger charge is -2.31. The summed E-state index contributed by atoms with van der Waals surface area (Å²) >= 11 is 0. The first kappa shape index (κ1) is 24.0. The monoisotopic (exact) mass is 499 g/mol. The molecule has 0 aromatic heterocycles. The Kier molecular flexibility index (Phi) is 7.17. The second kappa shape index (κ2) is 10.5. The van der Waals surface area contributed by atoms with Crippen LogP contribution in [0.4, 0.5) is 8.78 Å². The van der Waals surface area contributed by atoms with Crippen LogP contribution in [-0.2, 0) is 20.3 Å². The Bertz CT molecular complexity index is 1110. The number of aliphatic imine (C=N–C) groups is 1. The second-order valence-corrected chi connectivity index (χ2v) is 10.3. The largest absolute Gasteiger partial charge is 0.367 e. The maximum absolute atomic E-state index is 13.4. The Morgan fingerprint density at radius 1 is 1.00 bits per heavy atom. The number of nitrogens with zero attached hydrogens (tertiary/aromatic N) is 3. The molecule has 1 amide bonds. The number of hydrogen-bond donors (Lipinski definition) is 0. The molecule has 6 nitrogen and oxygen atoms in total. The highest BCUT2D eigenvalue weighted by Gasteiger charge is 2.41. The van der Waals surface area contributed by atoms with Crippen molar-refractivity contribution in [3.63, 3.8) is 0 Å². The van der Waals surface area contributed by atoms with Gasteiger partial charge in [0, 0.05) is 13.1 Å². The summed E-state index contributed by atoms with van der Waals surface area (Å²) in [7, 11) is -1.45. The molecule has 0 radical (unpaired) electrons. The molecule has 2 aromatic rings. The quantitative estimate of drug-likeness (QED) is 0.546. The molecule has 0 spiro atoms. The summed E-state index contributed by atoms with van der Waals surface area (Å²) in [5.41, 5.74) is 1.62. The van der Waals surface area contributed by atoms with Crippen molar-refractivity contribution in [2.45, 2.75) is 18.9 Å². The van der Waals surface area contributed by atoms with Crippen molar-refractivity contribution >= 4 is 21.9 Å². The zero-order valence-corrected chi connectivity index (χ0v) is 20.1. The van der Waals surface area contributed by atoms with Gasteiger partial charge in [-0.15, -0.1) is 0 Å². The van der Waals surface area contributed by atoms with Crippen LogP contribution in [-0.4, -0.2) is 64.4 Å². The molecule has 3 aliphatic rings. The van der Waals surface area contributed by atoms with Gasteiger partial charge in [-0.05, 0) is 67.2 Å². The van der Waals surface area contributed by atoms with Crippen molar-refractivity contribution in [3.8, 4) is 0 Å². The molecule has 3 heterocycles. The lowest BCUT2D eigenvalue weighted by Crippen LogP contribution is -2.36. The number of ether oxygens (including phenoxy) is 1. The van der Waals surface area contributed by atoms with E-state index in [1.807, 2.05) is 6.08 Å². The van der Waals surface area contributed by atoms with Gasteiger partial charge >= 0.3 is 0 Å². The molecule has 184 valence electrons. The van der Waals surface area contributed by atoms with E-state index in [4.69, 9.17) is 4.74 Å². The van der Waals surface area contributed by atoms with Gasteiger partial charge in [0.1, 0.15) is 33.4 Å². The highest BCUT2D eigenvalue weighted by Crippen LogP contribution is 2.29. The highest BCUT2D eigenvalue weighted by molar-refractivity contribution is 8.05. The molecule has 0 bridgehead atoms. The summed E-state index contributed by atoms with van der Waals surface area (Å²) in [5.74, 6) is -0.591. The van der Waals surface area contributed by atoms with E-state index in [0.717, 1.165) is 43.6 Å². The number of piperidine rings is 1. The SMILES string of the molecule is O=C1C(=CC2CCN(CCOC(c3ccc(F)cc3)c3ccc(F)cc3)CC2)S(=O)C2=NCCN12. The van der Waals surface area contributed by atoms with Crippen LogP contribution in [0.15, 0.2) is 64.5 Å². The van der Waals surface area contributed by atoms with Crippen LogP contribution in [0.3, 0.4) is 0 Å². The van der Waals surface area contributed by atoms with Gasteiger partial charge in [0.25, 0.3) is 5.91 Å². The van der Waals surface area contributed by atoms with Crippen molar-refractivity contribution in [1.29, 1.82) is 0 Å². The number of amidine groups is 1. The molecule has 2 fully saturated rings. The molecule has 5 rings (SSSR count). The van der Waals surface area contributed by atoms with E-state index >= 15 is 0 Å². The van der Waals surface area contributed by atoms with Gasteiger partial charge in [0.05, 0.1) is 13.2 Å².